The number of carbonyl (C=O) groups is 1. The van der Waals surface area contributed by atoms with E-state index in [2.05, 4.69) is 0 Å². The van der Waals surface area contributed by atoms with Crippen LogP contribution in [0.25, 0.3) is 0 Å². The molecule has 18 heavy (non-hydrogen) atoms. The van der Waals surface area contributed by atoms with Crippen molar-refractivity contribution in [1.29, 1.82) is 0 Å². The molecular formula is C9H10F6O3. The van der Waals surface area contributed by atoms with E-state index in [1.54, 1.807) is 0 Å². The summed E-state index contributed by atoms with van der Waals surface area (Å²) in [4.78, 5) is 10.7. The molecule has 3 nitrogen and oxygen atoms in total. The van der Waals surface area contributed by atoms with Gasteiger partial charge < -0.3 is 10.2 Å². The lowest BCUT2D eigenvalue weighted by atomic mass is 9.68. The zero-order chi connectivity index (χ0) is 14.4. The van der Waals surface area contributed by atoms with Gasteiger partial charge in [-0.15, -0.1) is 0 Å². The van der Waals surface area contributed by atoms with E-state index in [0.717, 1.165) is 0 Å². The van der Waals surface area contributed by atoms with E-state index >= 15 is 0 Å². The van der Waals surface area contributed by atoms with Crippen molar-refractivity contribution in [3.8, 4) is 0 Å². The second-order valence-corrected chi connectivity index (χ2v) is 4.27. The van der Waals surface area contributed by atoms with Gasteiger partial charge >= 0.3 is 18.3 Å². The topological polar surface area (TPSA) is 57.5 Å². The van der Waals surface area contributed by atoms with E-state index in [-0.39, 0.29) is 12.8 Å². The third-order valence-corrected chi connectivity index (χ3v) is 3.20. The smallest absolute Gasteiger partial charge is 0.427 e. The highest BCUT2D eigenvalue weighted by Gasteiger charge is 2.76. The minimum absolute atomic E-state index is 0.0779. The summed E-state index contributed by atoms with van der Waals surface area (Å²) in [6, 6.07) is 0. The average molecular weight is 280 g/mol. The van der Waals surface area contributed by atoms with Gasteiger partial charge in [0.2, 0.25) is 0 Å². The van der Waals surface area contributed by atoms with Gasteiger partial charge in [0.15, 0.2) is 0 Å². The summed E-state index contributed by atoms with van der Waals surface area (Å²) >= 11 is 0. The first-order valence-corrected chi connectivity index (χ1v) is 5.01. The normalized spacial score (nSPS) is 20.4. The van der Waals surface area contributed by atoms with Crippen LogP contribution in [-0.4, -0.2) is 34.1 Å². The van der Waals surface area contributed by atoms with Crippen molar-refractivity contribution >= 4 is 5.97 Å². The molecule has 0 aromatic rings. The Morgan fingerprint density at radius 3 is 1.61 bits per heavy atom. The molecular weight excluding hydrogens is 270 g/mol. The molecule has 0 saturated heterocycles. The lowest BCUT2D eigenvalue weighted by molar-refractivity contribution is -0.387. The zero-order valence-corrected chi connectivity index (χ0v) is 8.85. The molecule has 1 saturated carbocycles. The van der Waals surface area contributed by atoms with Crippen LogP contribution in [0.3, 0.4) is 0 Å². The van der Waals surface area contributed by atoms with Crippen LogP contribution >= 0.6 is 0 Å². The van der Waals surface area contributed by atoms with Crippen molar-refractivity contribution in [2.75, 3.05) is 0 Å². The first-order valence-electron chi connectivity index (χ1n) is 5.01. The number of carboxylic acid groups (broad SMARTS) is 1. The molecule has 1 aliphatic rings. The number of aliphatic carboxylic acids is 1. The highest BCUT2D eigenvalue weighted by molar-refractivity contribution is 5.72. The summed E-state index contributed by atoms with van der Waals surface area (Å²) in [5.74, 6) is -6.54. The second kappa shape index (κ2) is 4.29. The number of rotatable bonds is 3. The largest absolute Gasteiger partial charge is 0.481 e. The molecule has 1 unspecified atom stereocenters. The fourth-order valence-corrected chi connectivity index (χ4v) is 2.01. The van der Waals surface area contributed by atoms with Crippen LogP contribution in [0.2, 0.25) is 0 Å². The standard InChI is InChI=1S/C9H10F6O3/c10-8(11,12)7(18,9(13,14)15)5(6(16)17)4-2-1-3-4/h4-5,18H,1-3H2,(H,16,17). The van der Waals surface area contributed by atoms with Gasteiger partial charge in [-0.3, -0.25) is 4.79 Å². The van der Waals surface area contributed by atoms with Crippen LogP contribution in [0, 0.1) is 11.8 Å². The summed E-state index contributed by atoms with van der Waals surface area (Å²) in [7, 11) is 0. The van der Waals surface area contributed by atoms with E-state index in [4.69, 9.17) is 10.2 Å². The van der Waals surface area contributed by atoms with E-state index < -0.39 is 35.8 Å². The molecule has 1 atom stereocenters. The number of halogens is 6. The molecule has 0 aliphatic heterocycles. The van der Waals surface area contributed by atoms with Gasteiger partial charge in [-0.05, 0) is 18.8 Å². The number of alkyl halides is 6. The molecule has 0 aromatic heterocycles. The Labute approximate surface area is 97.4 Å². The Balaban J connectivity index is 3.27. The SMILES string of the molecule is O=C(O)C(C1CCC1)C(O)(C(F)(F)F)C(F)(F)F. The summed E-state index contributed by atoms with van der Waals surface area (Å²) in [6.45, 7) is 0. The highest BCUT2D eigenvalue weighted by Crippen LogP contribution is 2.52. The van der Waals surface area contributed by atoms with Crippen LogP contribution in [0.5, 0.6) is 0 Å². The lowest BCUT2D eigenvalue weighted by Crippen LogP contribution is -2.65. The van der Waals surface area contributed by atoms with Crippen LogP contribution in [0.15, 0.2) is 0 Å². The maximum absolute atomic E-state index is 12.5. The first-order chi connectivity index (χ1) is 7.93. The molecule has 0 heterocycles. The highest BCUT2D eigenvalue weighted by atomic mass is 19.4. The molecule has 0 bridgehead atoms. The van der Waals surface area contributed by atoms with E-state index in [1.807, 2.05) is 0 Å². The minimum atomic E-state index is -6.09. The molecule has 0 aromatic carbocycles. The number of carboxylic acids is 1. The molecule has 9 heteroatoms. The van der Waals surface area contributed by atoms with Gasteiger partial charge in [0.25, 0.3) is 5.60 Å². The van der Waals surface area contributed by atoms with Gasteiger partial charge in [0, 0.05) is 0 Å². The Hall–Kier alpha value is -0.990. The van der Waals surface area contributed by atoms with Crippen LogP contribution in [0.1, 0.15) is 19.3 Å². The quantitative estimate of drug-likeness (QED) is 0.780. The third kappa shape index (κ3) is 2.15. The molecule has 106 valence electrons. The van der Waals surface area contributed by atoms with Gasteiger partial charge in [-0.1, -0.05) is 6.42 Å². The van der Waals surface area contributed by atoms with E-state index in [1.165, 1.54) is 0 Å². The summed E-state index contributed by atoms with van der Waals surface area (Å²) < 4.78 is 75.0. The van der Waals surface area contributed by atoms with Crippen molar-refractivity contribution in [3.63, 3.8) is 0 Å². The van der Waals surface area contributed by atoms with Gasteiger partial charge in [0.05, 0.1) is 0 Å². The van der Waals surface area contributed by atoms with Crippen molar-refractivity contribution < 1.29 is 41.4 Å². The molecule has 1 rings (SSSR count). The first kappa shape index (κ1) is 15.1. The molecule has 2 N–H and O–H groups in total. The molecule has 1 fully saturated rings. The second-order valence-electron chi connectivity index (χ2n) is 4.27. The van der Waals surface area contributed by atoms with Crippen molar-refractivity contribution in [2.24, 2.45) is 11.8 Å². The predicted octanol–water partition coefficient (Wildman–Crippen LogP) is 2.34. The Morgan fingerprint density at radius 2 is 1.44 bits per heavy atom. The van der Waals surface area contributed by atoms with Crippen molar-refractivity contribution in [1.82, 2.24) is 0 Å². The summed E-state index contributed by atoms with van der Waals surface area (Å²) in [5, 5.41) is 17.6. The minimum Gasteiger partial charge on any atom is -0.481 e. The third-order valence-electron chi connectivity index (χ3n) is 3.20. The van der Waals surface area contributed by atoms with Crippen molar-refractivity contribution in [3.05, 3.63) is 0 Å². The van der Waals surface area contributed by atoms with Gasteiger partial charge in [0.1, 0.15) is 5.92 Å². The van der Waals surface area contributed by atoms with Crippen molar-refractivity contribution in [2.45, 2.75) is 37.2 Å². The van der Waals surface area contributed by atoms with Gasteiger partial charge in [-0.2, -0.15) is 26.3 Å². The Bertz CT molecular complexity index is 316. The monoisotopic (exact) mass is 280 g/mol. The Kier molecular flexibility index (Phi) is 3.59. The van der Waals surface area contributed by atoms with Crippen LogP contribution in [-0.2, 0) is 4.79 Å². The predicted molar refractivity (Wildman–Crippen MR) is 45.5 cm³/mol. The van der Waals surface area contributed by atoms with Gasteiger partial charge in [-0.25, -0.2) is 0 Å². The summed E-state index contributed by atoms with van der Waals surface area (Å²) in [6.07, 6.45) is -12.0. The number of hydrogen-bond acceptors (Lipinski definition) is 2. The molecule has 0 radical (unpaired) electrons. The van der Waals surface area contributed by atoms with E-state index in [9.17, 15) is 31.1 Å². The van der Waals surface area contributed by atoms with Crippen LogP contribution in [0.4, 0.5) is 26.3 Å². The molecule has 0 amide bonds. The lowest BCUT2D eigenvalue weighted by Gasteiger charge is -2.42. The fraction of sp³-hybridized carbons (Fsp3) is 0.889. The number of hydrogen-bond donors (Lipinski definition) is 2. The van der Waals surface area contributed by atoms with E-state index in [0.29, 0.717) is 6.42 Å². The maximum atomic E-state index is 12.5. The van der Waals surface area contributed by atoms with Crippen LogP contribution < -0.4 is 0 Å². The maximum Gasteiger partial charge on any atom is 0.427 e. The zero-order valence-electron chi connectivity index (χ0n) is 8.85. The average Bonchev–Trinajstić information content (AvgIpc) is 2.05. The molecule has 1 aliphatic carbocycles. The summed E-state index contributed by atoms with van der Waals surface area (Å²) in [5.41, 5.74) is -5.21. The Morgan fingerprint density at radius 1 is 1.06 bits per heavy atom. The fourth-order valence-electron chi connectivity index (χ4n) is 2.01. The number of aliphatic hydroxyl groups is 1. The molecule has 0 spiro atoms.